The van der Waals surface area contributed by atoms with Crippen molar-refractivity contribution in [2.45, 2.75) is 76.3 Å². The zero-order valence-corrected chi connectivity index (χ0v) is 20.9. The van der Waals surface area contributed by atoms with Crippen molar-refractivity contribution >= 4 is 16.9 Å². The van der Waals surface area contributed by atoms with E-state index in [-0.39, 0.29) is 11.9 Å². The molecule has 2 aromatic heterocycles. The van der Waals surface area contributed by atoms with Crippen molar-refractivity contribution < 1.29 is 4.79 Å². The molecule has 0 bridgehead atoms. The summed E-state index contributed by atoms with van der Waals surface area (Å²) < 4.78 is 4.25. The summed E-state index contributed by atoms with van der Waals surface area (Å²) in [5.74, 6) is 1.37. The molecule has 2 saturated carbocycles. The van der Waals surface area contributed by atoms with Crippen LogP contribution < -0.4 is 5.32 Å². The number of para-hydroxylation sites is 2. The molecular weight excluding hydrogens is 446 g/mol. The lowest BCUT2D eigenvalue weighted by molar-refractivity contribution is -0.127. The average Bonchev–Trinajstić information content (AvgIpc) is 3.60. The van der Waals surface area contributed by atoms with Crippen LogP contribution >= 0.6 is 0 Å². The number of imidazole rings is 2. The highest BCUT2D eigenvalue weighted by Crippen LogP contribution is 2.38. The molecule has 6 heteroatoms. The molecule has 2 fully saturated rings. The molecule has 4 aromatic rings. The molecule has 1 amide bonds. The molecule has 2 aliphatic rings. The summed E-state index contributed by atoms with van der Waals surface area (Å²) in [5.41, 5.74) is 4.07. The number of rotatable bonds is 6. The number of carbonyl (C=O) groups excluding carboxylic acids is 1. The van der Waals surface area contributed by atoms with Crippen molar-refractivity contribution in [1.82, 2.24) is 24.4 Å². The van der Waals surface area contributed by atoms with Gasteiger partial charge < -0.3 is 14.5 Å². The smallest absolute Gasteiger partial charge is 0.243 e. The van der Waals surface area contributed by atoms with Crippen molar-refractivity contribution in [3.05, 3.63) is 67.3 Å². The van der Waals surface area contributed by atoms with E-state index in [0.29, 0.717) is 12.0 Å². The molecule has 0 spiro atoms. The van der Waals surface area contributed by atoms with Crippen LogP contribution in [0.25, 0.3) is 28.1 Å². The lowest BCUT2D eigenvalue weighted by atomic mass is 9.82. The van der Waals surface area contributed by atoms with Crippen molar-refractivity contribution in [3.63, 3.8) is 0 Å². The zero-order chi connectivity index (χ0) is 24.3. The van der Waals surface area contributed by atoms with Crippen LogP contribution in [-0.2, 0) is 4.79 Å². The fourth-order valence-corrected chi connectivity index (χ4v) is 6.25. The van der Waals surface area contributed by atoms with Gasteiger partial charge in [0.15, 0.2) is 0 Å². The Kier molecular flexibility index (Phi) is 6.58. The minimum atomic E-state index is -0.247. The molecular formula is C30H35N5O. The van der Waals surface area contributed by atoms with E-state index in [2.05, 4.69) is 57.3 Å². The molecule has 186 valence electrons. The summed E-state index contributed by atoms with van der Waals surface area (Å²) in [6.07, 6.45) is 17.3. The van der Waals surface area contributed by atoms with Gasteiger partial charge in [0.2, 0.25) is 5.91 Å². The SMILES string of the molecule is O=C(NC1CCCCC1)C(C1CCCCC1)n1c(-c2ccc(-n3ccnc3)cc2)nc2ccccc21. The van der Waals surface area contributed by atoms with Gasteiger partial charge in [-0.25, -0.2) is 9.97 Å². The molecule has 2 heterocycles. The lowest BCUT2D eigenvalue weighted by Gasteiger charge is -2.33. The van der Waals surface area contributed by atoms with Crippen molar-refractivity contribution in [1.29, 1.82) is 0 Å². The van der Waals surface area contributed by atoms with Crippen molar-refractivity contribution in [2.75, 3.05) is 0 Å². The quantitative estimate of drug-likeness (QED) is 0.344. The maximum Gasteiger partial charge on any atom is 0.243 e. The van der Waals surface area contributed by atoms with Gasteiger partial charge in [0.05, 0.1) is 17.4 Å². The first-order valence-electron chi connectivity index (χ1n) is 13.6. The first-order chi connectivity index (χ1) is 17.8. The van der Waals surface area contributed by atoms with Gasteiger partial charge in [0.25, 0.3) is 0 Å². The Morgan fingerprint density at radius 3 is 2.33 bits per heavy atom. The lowest BCUT2D eigenvalue weighted by Crippen LogP contribution is -2.43. The average molecular weight is 482 g/mol. The Morgan fingerprint density at radius 1 is 0.889 bits per heavy atom. The van der Waals surface area contributed by atoms with E-state index in [1.54, 1.807) is 12.5 Å². The maximum absolute atomic E-state index is 14.1. The summed E-state index contributed by atoms with van der Waals surface area (Å²) in [4.78, 5) is 23.3. The minimum Gasteiger partial charge on any atom is -0.352 e. The van der Waals surface area contributed by atoms with Crippen LogP contribution in [-0.4, -0.2) is 31.1 Å². The molecule has 1 atom stereocenters. The molecule has 0 radical (unpaired) electrons. The van der Waals surface area contributed by atoms with Gasteiger partial charge in [-0.3, -0.25) is 4.79 Å². The number of nitrogens with zero attached hydrogens (tertiary/aromatic N) is 4. The van der Waals surface area contributed by atoms with Gasteiger partial charge in [-0.05, 0) is 68.0 Å². The number of hydrogen-bond acceptors (Lipinski definition) is 3. The van der Waals surface area contributed by atoms with Crippen LogP contribution in [0.4, 0.5) is 0 Å². The summed E-state index contributed by atoms with van der Waals surface area (Å²) in [5, 5.41) is 3.48. The second-order valence-electron chi connectivity index (χ2n) is 10.5. The van der Waals surface area contributed by atoms with E-state index in [9.17, 15) is 4.79 Å². The van der Waals surface area contributed by atoms with E-state index in [0.717, 1.165) is 53.8 Å². The van der Waals surface area contributed by atoms with Crippen LogP contribution in [0.1, 0.15) is 70.3 Å². The molecule has 1 unspecified atom stereocenters. The van der Waals surface area contributed by atoms with Crippen LogP contribution in [0.15, 0.2) is 67.3 Å². The highest BCUT2D eigenvalue weighted by molar-refractivity contribution is 5.87. The highest BCUT2D eigenvalue weighted by Gasteiger charge is 2.35. The third-order valence-electron chi connectivity index (χ3n) is 8.12. The number of amides is 1. The molecule has 6 rings (SSSR count). The summed E-state index contributed by atoms with van der Waals surface area (Å²) in [6.45, 7) is 0. The second kappa shape index (κ2) is 10.3. The zero-order valence-electron chi connectivity index (χ0n) is 20.9. The molecule has 2 aromatic carbocycles. The third kappa shape index (κ3) is 4.57. The number of carbonyl (C=O) groups is 1. The Balaban J connectivity index is 1.43. The normalized spacial score (nSPS) is 18.3. The molecule has 2 aliphatic carbocycles. The number of aromatic nitrogens is 4. The van der Waals surface area contributed by atoms with Gasteiger partial charge in [-0.15, -0.1) is 0 Å². The largest absolute Gasteiger partial charge is 0.352 e. The molecule has 0 saturated heterocycles. The first kappa shape index (κ1) is 23.0. The molecule has 1 N–H and O–H groups in total. The number of fused-ring (bicyclic) bond motifs is 1. The van der Waals surface area contributed by atoms with Crippen LogP contribution in [0, 0.1) is 5.92 Å². The van der Waals surface area contributed by atoms with Gasteiger partial charge in [-0.2, -0.15) is 0 Å². The van der Waals surface area contributed by atoms with Crippen molar-refractivity contribution in [3.8, 4) is 17.1 Å². The summed E-state index contributed by atoms with van der Waals surface area (Å²) in [6, 6.07) is 16.7. The maximum atomic E-state index is 14.1. The van der Waals surface area contributed by atoms with Gasteiger partial charge in [-0.1, -0.05) is 50.7 Å². The van der Waals surface area contributed by atoms with Gasteiger partial charge >= 0.3 is 0 Å². The molecule has 36 heavy (non-hydrogen) atoms. The second-order valence-corrected chi connectivity index (χ2v) is 10.5. The van der Waals surface area contributed by atoms with Gasteiger partial charge in [0.1, 0.15) is 11.9 Å². The number of benzene rings is 2. The highest BCUT2D eigenvalue weighted by atomic mass is 16.2. The van der Waals surface area contributed by atoms with Crippen LogP contribution in [0.2, 0.25) is 0 Å². The third-order valence-corrected chi connectivity index (χ3v) is 8.12. The minimum absolute atomic E-state index is 0.174. The van der Waals surface area contributed by atoms with E-state index < -0.39 is 0 Å². The van der Waals surface area contributed by atoms with Gasteiger partial charge in [0, 0.05) is 29.7 Å². The van der Waals surface area contributed by atoms with E-state index in [1.807, 2.05) is 16.8 Å². The van der Waals surface area contributed by atoms with Crippen LogP contribution in [0.5, 0.6) is 0 Å². The van der Waals surface area contributed by atoms with Crippen LogP contribution in [0.3, 0.4) is 0 Å². The monoisotopic (exact) mass is 481 g/mol. The molecule has 6 nitrogen and oxygen atoms in total. The predicted octanol–water partition coefficient (Wildman–Crippen LogP) is 6.46. The predicted molar refractivity (Wildman–Crippen MR) is 143 cm³/mol. The standard InChI is InChI=1S/C30H35N5O/c36-30(32-24-11-5-2-6-12-24)28(22-9-3-1-4-10-22)35-27-14-8-7-13-26(27)33-29(35)23-15-17-25(18-16-23)34-20-19-31-21-34/h7-8,13-22,24,28H,1-6,9-12H2,(H,32,36). The topological polar surface area (TPSA) is 64.7 Å². The Hall–Kier alpha value is -3.41. The Labute approximate surface area is 212 Å². The fourth-order valence-electron chi connectivity index (χ4n) is 6.25. The number of nitrogens with one attached hydrogen (secondary N) is 1. The number of hydrogen-bond donors (Lipinski definition) is 1. The first-order valence-corrected chi connectivity index (χ1v) is 13.6. The van der Waals surface area contributed by atoms with Crippen molar-refractivity contribution in [2.24, 2.45) is 5.92 Å². The summed E-state index contributed by atoms with van der Waals surface area (Å²) >= 11 is 0. The Morgan fingerprint density at radius 2 is 1.61 bits per heavy atom. The fraction of sp³-hybridized carbons (Fsp3) is 0.433. The van der Waals surface area contributed by atoms with E-state index >= 15 is 0 Å². The summed E-state index contributed by atoms with van der Waals surface area (Å²) in [7, 11) is 0. The Bertz CT molecular complexity index is 1300. The van der Waals surface area contributed by atoms with E-state index in [1.165, 1.54) is 38.5 Å². The molecule has 0 aliphatic heterocycles. The van der Waals surface area contributed by atoms with E-state index in [4.69, 9.17) is 4.98 Å².